The molecule has 0 saturated carbocycles. The van der Waals surface area contributed by atoms with Crippen molar-refractivity contribution >= 4 is 18.9 Å². The van der Waals surface area contributed by atoms with Gasteiger partial charge in [0.05, 0.1) is 0 Å². The smallest absolute Gasteiger partial charge is 0.290 e. The molecule has 0 radical (unpaired) electrons. The van der Waals surface area contributed by atoms with Gasteiger partial charge in [-0.2, -0.15) is 5.10 Å². The standard InChI is InChI=1S/C20H26N4O.2CH2O2/c25-19(23-12-5-13-23)20(24-14-4-11-21-24)9-16-22(17-10-20)15-8-18-6-2-1-3-7-18;2*2-1-3/h1-4,6-7,11,14H,5,8-10,12-13,15-17H2;2*1H,(H,2,3). The van der Waals surface area contributed by atoms with Crippen molar-refractivity contribution in [3.8, 4) is 0 Å². The van der Waals surface area contributed by atoms with E-state index in [9.17, 15) is 4.79 Å². The fraction of sp³-hybridized carbons (Fsp3) is 0.455. The summed E-state index contributed by atoms with van der Waals surface area (Å²) in [7, 11) is 0. The summed E-state index contributed by atoms with van der Waals surface area (Å²) in [5.41, 5.74) is 0.899. The van der Waals surface area contributed by atoms with E-state index < -0.39 is 5.54 Å². The van der Waals surface area contributed by atoms with Crippen molar-refractivity contribution in [1.82, 2.24) is 19.6 Å². The number of amides is 1. The van der Waals surface area contributed by atoms with Crippen molar-refractivity contribution in [2.24, 2.45) is 0 Å². The molecule has 0 unspecified atom stereocenters. The molecule has 2 aromatic rings. The third-order valence-electron chi connectivity index (χ3n) is 5.73. The average molecular weight is 431 g/mol. The molecule has 1 aromatic heterocycles. The summed E-state index contributed by atoms with van der Waals surface area (Å²) in [6.45, 7) is 4.26. The second kappa shape index (κ2) is 12.5. The van der Waals surface area contributed by atoms with Gasteiger partial charge in [0.15, 0.2) is 0 Å². The topological polar surface area (TPSA) is 116 Å². The zero-order valence-electron chi connectivity index (χ0n) is 17.5. The molecule has 9 nitrogen and oxygen atoms in total. The lowest BCUT2D eigenvalue weighted by Crippen LogP contribution is -2.59. The molecule has 0 bridgehead atoms. The number of hydrogen-bond donors (Lipinski definition) is 2. The van der Waals surface area contributed by atoms with Gasteiger partial charge in [0, 0.05) is 45.1 Å². The first kappa shape index (κ1) is 24.1. The number of carboxylic acid groups (broad SMARTS) is 2. The zero-order valence-corrected chi connectivity index (χ0v) is 17.5. The number of nitrogens with zero attached hydrogens (tertiary/aromatic N) is 4. The van der Waals surface area contributed by atoms with E-state index in [0.717, 1.165) is 58.4 Å². The van der Waals surface area contributed by atoms with Crippen molar-refractivity contribution in [1.29, 1.82) is 0 Å². The van der Waals surface area contributed by atoms with Crippen molar-refractivity contribution in [2.45, 2.75) is 31.2 Å². The lowest BCUT2D eigenvalue weighted by Gasteiger charge is -2.45. The van der Waals surface area contributed by atoms with Crippen molar-refractivity contribution in [3.05, 3.63) is 54.4 Å². The summed E-state index contributed by atoms with van der Waals surface area (Å²) in [5, 5.41) is 18.2. The highest BCUT2D eigenvalue weighted by Gasteiger charge is 2.46. The third kappa shape index (κ3) is 6.39. The Bertz CT molecular complexity index is 779. The molecule has 1 amide bonds. The van der Waals surface area contributed by atoms with Gasteiger partial charge in [-0.1, -0.05) is 30.3 Å². The molecule has 1 aromatic carbocycles. The minimum Gasteiger partial charge on any atom is -0.483 e. The van der Waals surface area contributed by atoms with Gasteiger partial charge >= 0.3 is 0 Å². The van der Waals surface area contributed by atoms with Crippen LogP contribution in [-0.2, 0) is 26.3 Å². The minimum atomic E-state index is -0.479. The highest BCUT2D eigenvalue weighted by Crippen LogP contribution is 2.33. The molecular weight excluding hydrogens is 400 g/mol. The van der Waals surface area contributed by atoms with Crippen LogP contribution in [0.3, 0.4) is 0 Å². The third-order valence-corrected chi connectivity index (χ3v) is 5.73. The van der Waals surface area contributed by atoms with E-state index >= 15 is 0 Å². The Morgan fingerprint density at radius 3 is 2.10 bits per heavy atom. The van der Waals surface area contributed by atoms with E-state index in [-0.39, 0.29) is 18.9 Å². The van der Waals surface area contributed by atoms with Gasteiger partial charge in [-0.15, -0.1) is 0 Å². The number of likely N-dealkylation sites (tertiary alicyclic amines) is 2. The van der Waals surface area contributed by atoms with Crippen molar-refractivity contribution < 1.29 is 24.6 Å². The average Bonchev–Trinajstić information content (AvgIpc) is 3.29. The number of rotatable bonds is 5. The maximum Gasteiger partial charge on any atom is 0.290 e. The highest BCUT2D eigenvalue weighted by molar-refractivity contribution is 5.85. The molecule has 2 N–H and O–H groups in total. The first-order chi connectivity index (χ1) is 15.1. The molecular formula is C22H30N4O5. The molecule has 2 aliphatic heterocycles. The first-order valence-electron chi connectivity index (χ1n) is 10.3. The second-order valence-corrected chi connectivity index (χ2v) is 7.42. The first-order valence-corrected chi connectivity index (χ1v) is 10.3. The van der Waals surface area contributed by atoms with E-state index in [1.807, 2.05) is 21.8 Å². The number of piperidine rings is 1. The van der Waals surface area contributed by atoms with E-state index in [4.69, 9.17) is 19.8 Å². The van der Waals surface area contributed by atoms with E-state index in [1.54, 1.807) is 6.20 Å². The summed E-state index contributed by atoms with van der Waals surface area (Å²) >= 11 is 0. The SMILES string of the molecule is O=C(N1CCC1)C1(n2cccn2)CCN(CCc2ccccc2)CC1.O=CO.O=CO. The van der Waals surface area contributed by atoms with E-state index in [1.165, 1.54) is 5.56 Å². The fourth-order valence-corrected chi connectivity index (χ4v) is 3.96. The predicted molar refractivity (Wildman–Crippen MR) is 115 cm³/mol. The maximum absolute atomic E-state index is 13.1. The molecule has 2 aliphatic rings. The summed E-state index contributed by atoms with van der Waals surface area (Å²) in [6, 6.07) is 12.5. The van der Waals surface area contributed by atoms with Crippen molar-refractivity contribution in [2.75, 3.05) is 32.7 Å². The zero-order chi connectivity index (χ0) is 22.5. The molecule has 0 atom stereocenters. The number of carbonyl (C=O) groups is 3. The molecule has 9 heteroatoms. The van der Waals surface area contributed by atoms with Crippen LogP contribution in [0.15, 0.2) is 48.8 Å². The molecule has 0 spiro atoms. The van der Waals surface area contributed by atoms with Gasteiger partial charge in [0.2, 0.25) is 0 Å². The lowest BCUT2D eigenvalue weighted by atomic mass is 9.85. The van der Waals surface area contributed by atoms with Crippen LogP contribution in [0, 0.1) is 0 Å². The summed E-state index contributed by atoms with van der Waals surface area (Å²) in [6.07, 6.45) is 7.63. The number of aromatic nitrogens is 2. The molecule has 168 valence electrons. The van der Waals surface area contributed by atoms with Gasteiger partial charge in [0.25, 0.3) is 18.9 Å². The Hall–Kier alpha value is -3.20. The Morgan fingerprint density at radius 1 is 1.00 bits per heavy atom. The van der Waals surface area contributed by atoms with Gasteiger partial charge in [0.1, 0.15) is 5.54 Å². The fourth-order valence-electron chi connectivity index (χ4n) is 3.96. The van der Waals surface area contributed by atoms with Crippen molar-refractivity contribution in [3.63, 3.8) is 0 Å². The van der Waals surface area contributed by atoms with Gasteiger partial charge in [-0.05, 0) is 37.3 Å². The number of hydrogen-bond acceptors (Lipinski definition) is 5. The minimum absolute atomic E-state index is 0.250. The monoisotopic (exact) mass is 430 g/mol. The molecule has 31 heavy (non-hydrogen) atoms. The highest BCUT2D eigenvalue weighted by atomic mass is 16.3. The van der Waals surface area contributed by atoms with E-state index in [2.05, 4.69) is 40.3 Å². The predicted octanol–water partition coefficient (Wildman–Crippen LogP) is 1.55. The quantitative estimate of drug-likeness (QED) is 0.692. The van der Waals surface area contributed by atoms with Gasteiger partial charge in [-0.3, -0.25) is 19.1 Å². The van der Waals surface area contributed by atoms with Crippen LogP contribution in [0.25, 0.3) is 0 Å². The summed E-state index contributed by atoms with van der Waals surface area (Å²) in [5.74, 6) is 0.269. The normalized spacial score (nSPS) is 17.1. The van der Waals surface area contributed by atoms with E-state index in [0.29, 0.717) is 0 Å². The summed E-state index contributed by atoms with van der Waals surface area (Å²) < 4.78 is 1.92. The van der Waals surface area contributed by atoms with Crippen LogP contribution in [0.1, 0.15) is 24.8 Å². The molecule has 4 rings (SSSR count). The van der Waals surface area contributed by atoms with Crippen LogP contribution >= 0.6 is 0 Å². The second-order valence-electron chi connectivity index (χ2n) is 7.42. The molecule has 2 fully saturated rings. The number of benzene rings is 1. The van der Waals surface area contributed by atoms with Crippen LogP contribution in [0.4, 0.5) is 0 Å². The Balaban J connectivity index is 0.000000513. The van der Waals surface area contributed by atoms with Crippen LogP contribution < -0.4 is 0 Å². The van der Waals surface area contributed by atoms with Crippen LogP contribution in [-0.4, -0.2) is 81.4 Å². The van der Waals surface area contributed by atoms with Gasteiger partial charge < -0.3 is 20.0 Å². The summed E-state index contributed by atoms with van der Waals surface area (Å²) in [4.78, 5) is 34.3. The van der Waals surface area contributed by atoms with Crippen LogP contribution in [0.2, 0.25) is 0 Å². The lowest BCUT2D eigenvalue weighted by molar-refractivity contribution is -0.148. The number of carbonyl (C=O) groups excluding carboxylic acids is 1. The van der Waals surface area contributed by atoms with Gasteiger partial charge in [-0.25, -0.2) is 0 Å². The molecule has 2 saturated heterocycles. The van der Waals surface area contributed by atoms with Crippen LogP contribution in [0.5, 0.6) is 0 Å². The Kier molecular flexibility index (Phi) is 9.70. The molecule has 0 aliphatic carbocycles. The maximum atomic E-state index is 13.1. The Labute approximate surface area is 181 Å². The Morgan fingerprint density at radius 2 is 1.61 bits per heavy atom. The largest absolute Gasteiger partial charge is 0.483 e. The molecule has 3 heterocycles.